The topological polar surface area (TPSA) is 150 Å². The molecule has 0 saturated heterocycles. The van der Waals surface area contributed by atoms with E-state index >= 15 is 0 Å². The lowest BCUT2D eigenvalue weighted by atomic mass is 10.2. The van der Waals surface area contributed by atoms with Gasteiger partial charge in [-0.2, -0.15) is 28.1 Å². The Morgan fingerprint density at radius 1 is 1.18 bits per heavy atom. The van der Waals surface area contributed by atoms with Crippen LogP contribution in [0.4, 0.5) is 18.9 Å². The van der Waals surface area contributed by atoms with Crippen LogP contribution in [0.25, 0.3) is 11.5 Å². The molecule has 3 rings (SSSR count). The summed E-state index contributed by atoms with van der Waals surface area (Å²) in [4.78, 5) is 16.1. The zero-order chi connectivity index (χ0) is 24.7. The molecule has 2 aromatic heterocycles. The van der Waals surface area contributed by atoms with Gasteiger partial charge in [-0.15, -0.1) is 0 Å². The van der Waals surface area contributed by atoms with Crippen molar-refractivity contribution in [3.05, 3.63) is 72.6 Å². The van der Waals surface area contributed by atoms with Crippen molar-refractivity contribution in [1.82, 2.24) is 15.1 Å². The average molecular weight is 474 g/mol. The minimum absolute atomic E-state index is 0.0406. The van der Waals surface area contributed by atoms with Crippen molar-refractivity contribution in [1.29, 1.82) is 0 Å². The number of anilines is 1. The highest BCUT2D eigenvalue weighted by Gasteiger charge is 2.36. The van der Waals surface area contributed by atoms with Crippen LogP contribution in [0.5, 0.6) is 0 Å². The number of nitrogens with two attached hydrogens (primary N) is 2. The molecule has 34 heavy (non-hydrogen) atoms. The summed E-state index contributed by atoms with van der Waals surface area (Å²) in [6, 6.07) is 12.2. The maximum absolute atomic E-state index is 12.5. The number of nitrogens with one attached hydrogen (secondary N) is 1. The largest absolute Gasteiger partial charge is 0.414 e. The molecule has 0 aliphatic heterocycles. The first kappa shape index (κ1) is 24.4. The van der Waals surface area contributed by atoms with Gasteiger partial charge in [0, 0.05) is 11.9 Å². The van der Waals surface area contributed by atoms with Gasteiger partial charge in [-0.05, 0) is 31.2 Å². The van der Waals surface area contributed by atoms with Crippen molar-refractivity contribution in [3.8, 4) is 11.5 Å². The van der Waals surface area contributed by atoms with Crippen molar-refractivity contribution in [2.24, 2.45) is 21.5 Å². The third-order valence-electron chi connectivity index (χ3n) is 4.22. The number of nitrogens with zero attached hydrogens (tertiary/aromatic N) is 5. The second kappa shape index (κ2) is 10.6. The molecule has 13 heteroatoms. The molecule has 1 aromatic carbocycles. The van der Waals surface area contributed by atoms with E-state index in [-0.39, 0.29) is 35.9 Å². The van der Waals surface area contributed by atoms with Crippen molar-refractivity contribution < 1.29 is 22.4 Å². The molecular formula is C21H21F3N8O2. The van der Waals surface area contributed by atoms with Gasteiger partial charge in [-0.25, -0.2) is 0 Å². The highest BCUT2D eigenvalue weighted by atomic mass is 19.4. The number of hydrogen-bond donors (Lipinski definition) is 3. The average Bonchev–Trinajstić information content (AvgIpc) is 3.28. The number of alkyl halides is 3. The Bertz CT molecular complexity index is 1170. The fourth-order valence-electron chi connectivity index (χ4n) is 2.44. The number of benzene rings is 1. The van der Waals surface area contributed by atoms with Crippen LogP contribution in [0, 0.1) is 0 Å². The van der Waals surface area contributed by atoms with E-state index < -0.39 is 12.3 Å². The predicted molar refractivity (Wildman–Crippen MR) is 119 cm³/mol. The Labute approximate surface area is 192 Å². The molecule has 178 valence electrons. The third kappa shape index (κ3) is 6.87. The quantitative estimate of drug-likeness (QED) is 0.333. The number of para-hydroxylation sites is 1. The zero-order valence-electron chi connectivity index (χ0n) is 18.0. The second-order valence-electron chi connectivity index (χ2n) is 6.86. The second-order valence-corrected chi connectivity index (χ2v) is 6.86. The van der Waals surface area contributed by atoms with Gasteiger partial charge in [0.05, 0.1) is 17.9 Å². The maximum atomic E-state index is 12.5. The van der Waals surface area contributed by atoms with Crippen LogP contribution in [0.15, 0.2) is 75.6 Å². The summed E-state index contributed by atoms with van der Waals surface area (Å²) in [6.07, 6.45) is -4.99. The fraction of sp³-hybridized carbons (Fsp3) is 0.190. The minimum Gasteiger partial charge on any atom is -0.380 e. The summed E-state index contributed by atoms with van der Waals surface area (Å²) in [5.41, 5.74) is 13.1. The lowest BCUT2D eigenvalue weighted by Gasteiger charge is -2.15. The van der Waals surface area contributed by atoms with E-state index in [1.165, 1.54) is 12.3 Å². The molecule has 0 amide bonds. The molecule has 1 atom stereocenters. The maximum Gasteiger partial charge on any atom is 0.414 e. The van der Waals surface area contributed by atoms with Crippen molar-refractivity contribution in [2.75, 3.05) is 5.32 Å². The van der Waals surface area contributed by atoms with E-state index in [4.69, 9.17) is 20.7 Å². The summed E-state index contributed by atoms with van der Waals surface area (Å²) < 4.78 is 47.5. The predicted octanol–water partition coefficient (Wildman–Crippen LogP) is 3.20. The van der Waals surface area contributed by atoms with Crippen LogP contribution in [0.2, 0.25) is 0 Å². The van der Waals surface area contributed by atoms with Crippen LogP contribution in [-0.2, 0) is 11.3 Å². The van der Waals surface area contributed by atoms with E-state index in [9.17, 15) is 13.2 Å². The van der Waals surface area contributed by atoms with Gasteiger partial charge in [0.1, 0.15) is 5.82 Å². The molecule has 3 aromatic rings. The van der Waals surface area contributed by atoms with Crippen LogP contribution in [0.1, 0.15) is 18.4 Å². The Morgan fingerprint density at radius 2 is 1.91 bits per heavy atom. The Balaban J connectivity index is 1.62. The molecular weight excluding hydrogens is 453 g/mol. The standard InChI is InChI=1S/C21H21F3N8O2/c1-12(21(22,23)24)33-11-16-9-8-14(10-27-16)19-31-18(32-34-19)17(25)30-20(26)29-13(2)28-15-6-4-3-5-7-15/h3-10,12,28H,2,11H2,1H3,(H4,25,26,29,30). The van der Waals surface area contributed by atoms with E-state index in [1.807, 2.05) is 30.3 Å². The van der Waals surface area contributed by atoms with Gasteiger partial charge < -0.3 is 26.0 Å². The zero-order valence-corrected chi connectivity index (χ0v) is 18.0. The van der Waals surface area contributed by atoms with Crippen LogP contribution < -0.4 is 16.8 Å². The van der Waals surface area contributed by atoms with Crippen molar-refractivity contribution >= 4 is 17.5 Å². The lowest BCUT2D eigenvalue weighted by molar-refractivity contribution is -0.217. The molecule has 0 radical (unpaired) electrons. The summed E-state index contributed by atoms with van der Waals surface area (Å²) >= 11 is 0. The van der Waals surface area contributed by atoms with E-state index in [0.717, 1.165) is 12.6 Å². The fourth-order valence-corrected chi connectivity index (χ4v) is 2.44. The van der Waals surface area contributed by atoms with E-state index in [1.54, 1.807) is 6.07 Å². The molecule has 1 unspecified atom stereocenters. The van der Waals surface area contributed by atoms with Crippen molar-refractivity contribution in [2.45, 2.75) is 25.8 Å². The first-order chi connectivity index (χ1) is 16.1. The van der Waals surface area contributed by atoms with Crippen LogP contribution >= 0.6 is 0 Å². The van der Waals surface area contributed by atoms with Crippen molar-refractivity contribution in [3.63, 3.8) is 0 Å². The molecule has 10 nitrogen and oxygen atoms in total. The monoisotopic (exact) mass is 474 g/mol. The highest BCUT2D eigenvalue weighted by molar-refractivity contribution is 6.02. The SMILES string of the molecule is C=C(N=C(N)N=C(N)c1noc(-c2ccc(COC(C)C(F)(F)F)nc2)n1)Nc1ccccc1. The number of ether oxygens (including phenoxy) is 1. The van der Waals surface area contributed by atoms with Gasteiger partial charge in [-0.3, -0.25) is 4.98 Å². The number of guanidine groups is 1. The summed E-state index contributed by atoms with van der Waals surface area (Å²) in [5, 5.41) is 6.68. The van der Waals surface area contributed by atoms with Crippen LogP contribution in [0.3, 0.4) is 0 Å². The molecule has 0 aliphatic carbocycles. The Morgan fingerprint density at radius 3 is 2.56 bits per heavy atom. The number of aliphatic imine (C=N–C) groups is 2. The van der Waals surface area contributed by atoms with E-state index in [0.29, 0.717) is 11.3 Å². The van der Waals surface area contributed by atoms with Gasteiger partial charge in [0.2, 0.25) is 11.8 Å². The third-order valence-corrected chi connectivity index (χ3v) is 4.22. The number of rotatable bonds is 8. The molecule has 0 bridgehead atoms. The van der Waals surface area contributed by atoms with Gasteiger partial charge in [0.25, 0.3) is 5.89 Å². The van der Waals surface area contributed by atoms with Crippen LogP contribution in [-0.4, -0.2) is 39.2 Å². The number of hydrogen-bond acceptors (Lipinski definition) is 7. The number of aromatic nitrogens is 3. The summed E-state index contributed by atoms with van der Waals surface area (Å²) in [5.74, 6) is -0.0586. The first-order valence-electron chi connectivity index (χ1n) is 9.79. The van der Waals surface area contributed by atoms with E-state index in [2.05, 4.69) is 37.0 Å². The smallest absolute Gasteiger partial charge is 0.380 e. The summed E-state index contributed by atoms with van der Waals surface area (Å²) in [6.45, 7) is 4.36. The highest BCUT2D eigenvalue weighted by Crippen LogP contribution is 2.23. The first-order valence-corrected chi connectivity index (χ1v) is 9.79. The molecule has 0 saturated carbocycles. The lowest BCUT2D eigenvalue weighted by Crippen LogP contribution is -2.28. The molecule has 0 spiro atoms. The number of pyridine rings is 1. The van der Waals surface area contributed by atoms with Gasteiger partial charge >= 0.3 is 6.18 Å². The summed E-state index contributed by atoms with van der Waals surface area (Å²) in [7, 11) is 0. The molecule has 5 N–H and O–H groups in total. The molecule has 2 heterocycles. The number of halogens is 3. The molecule has 0 aliphatic rings. The Kier molecular flexibility index (Phi) is 7.58. The number of amidine groups is 1. The normalized spacial score (nSPS) is 13.5. The van der Waals surface area contributed by atoms with Gasteiger partial charge in [-0.1, -0.05) is 29.9 Å². The minimum atomic E-state index is -4.44. The van der Waals surface area contributed by atoms with Gasteiger partial charge in [0.15, 0.2) is 11.9 Å². The molecule has 0 fully saturated rings. The Hall–Kier alpha value is -4.26.